The van der Waals surface area contributed by atoms with Crippen molar-refractivity contribution in [2.75, 3.05) is 13.1 Å². The number of likely N-dealkylation sites (tertiary alicyclic amines) is 1. The third-order valence-electron chi connectivity index (χ3n) is 3.76. The van der Waals surface area contributed by atoms with E-state index >= 15 is 0 Å². The Balaban J connectivity index is 1.98. The van der Waals surface area contributed by atoms with Gasteiger partial charge in [0.2, 0.25) is 5.91 Å². The van der Waals surface area contributed by atoms with Crippen LogP contribution < -0.4 is 4.72 Å². The fourth-order valence-electron chi connectivity index (χ4n) is 2.34. The summed E-state index contributed by atoms with van der Waals surface area (Å²) in [5, 5.41) is 20.4. The van der Waals surface area contributed by atoms with Gasteiger partial charge in [0, 0.05) is 25.9 Å². The molecule has 0 bridgehead atoms. The third kappa shape index (κ3) is 3.89. The average molecular weight is 362 g/mol. The zero-order valence-corrected chi connectivity index (χ0v) is 14.1. The Morgan fingerprint density at radius 1 is 1.39 bits per heavy atom. The van der Waals surface area contributed by atoms with Crippen LogP contribution in [-0.2, 0) is 19.6 Å². The van der Waals surface area contributed by atoms with Crippen LogP contribution in [0.3, 0.4) is 0 Å². The number of nitrogens with zero attached hydrogens (tertiary/aromatic N) is 1. The second-order valence-corrected chi connectivity index (χ2v) is 8.33. The summed E-state index contributed by atoms with van der Waals surface area (Å²) < 4.78 is 26.6. The van der Waals surface area contributed by atoms with E-state index in [1.807, 2.05) is 0 Å². The van der Waals surface area contributed by atoms with E-state index in [2.05, 4.69) is 4.72 Å². The molecule has 23 heavy (non-hydrogen) atoms. The number of amides is 1. The summed E-state index contributed by atoms with van der Waals surface area (Å²) in [6.45, 7) is 1.56. The van der Waals surface area contributed by atoms with Crippen LogP contribution >= 0.6 is 11.3 Å². The van der Waals surface area contributed by atoms with Crippen LogP contribution in [0.5, 0.6) is 0 Å². The number of piperidine rings is 1. The number of sulfonamides is 1. The predicted molar refractivity (Wildman–Crippen MR) is 82.5 cm³/mol. The number of aliphatic carboxylic acids is 1. The summed E-state index contributed by atoms with van der Waals surface area (Å²) in [4.78, 5) is 24.6. The highest BCUT2D eigenvalue weighted by atomic mass is 32.2. The lowest BCUT2D eigenvalue weighted by molar-refractivity contribution is -0.165. The Labute approximate surface area is 137 Å². The smallest absolute Gasteiger partial charge is 0.335 e. The lowest BCUT2D eigenvalue weighted by Crippen LogP contribution is -2.54. The Morgan fingerprint density at radius 2 is 2.00 bits per heavy atom. The van der Waals surface area contributed by atoms with E-state index < -0.39 is 33.5 Å². The van der Waals surface area contributed by atoms with E-state index in [0.717, 1.165) is 11.3 Å². The third-order valence-corrected chi connectivity index (χ3v) is 6.70. The molecule has 1 amide bonds. The zero-order chi connectivity index (χ0) is 17.3. The molecule has 1 saturated heterocycles. The van der Waals surface area contributed by atoms with Gasteiger partial charge in [-0.05, 0) is 18.4 Å². The molecule has 1 aliphatic heterocycles. The van der Waals surface area contributed by atoms with Crippen molar-refractivity contribution in [1.82, 2.24) is 9.62 Å². The van der Waals surface area contributed by atoms with Gasteiger partial charge in [-0.25, -0.2) is 13.2 Å². The minimum absolute atomic E-state index is 0.0622. The quantitative estimate of drug-likeness (QED) is 0.669. The van der Waals surface area contributed by atoms with Gasteiger partial charge in [0.25, 0.3) is 10.0 Å². The SMILES string of the molecule is CC(NS(=O)(=O)c1cccs1)C(=O)N1CCC(O)(C(=O)O)CC1. The lowest BCUT2D eigenvalue weighted by atomic mass is 9.91. The molecule has 1 aromatic heterocycles. The standard InChI is InChI=1S/C13H18N2O6S2/c1-9(14-23(20,21)10-3-2-8-22-10)11(16)15-6-4-13(19,5-7-15)12(17)18/h2-3,8-9,14,19H,4-7H2,1H3,(H,17,18). The molecule has 0 radical (unpaired) electrons. The molecule has 0 aromatic carbocycles. The maximum absolute atomic E-state index is 12.3. The van der Waals surface area contributed by atoms with Gasteiger partial charge in [-0.2, -0.15) is 4.72 Å². The van der Waals surface area contributed by atoms with Crippen molar-refractivity contribution in [2.45, 2.75) is 35.6 Å². The monoisotopic (exact) mass is 362 g/mol. The molecule has 3 N–H and O–H groups in total. The van der Waals surface area contributed by atoms with Crippen LogP contribution in [0.15, 0.2) is 21.7 Å². The Morgan fingerprint density at radius 3 is 2.48 bits per heavy atom. The van der Waals surface area contributed by atoms with Crippen LogP contribution in [0.25, 0.3) is 0 Å². The number of thiophene rings is 1. The largest absolute Gasteiger partial charge is 0.479 e. The second-order valence-electron chi connectivity index (χ2n) is 5.44. The number of rotatable bonds is 5. The number of carboxylic acids is 1. The summed E-state index contributed by atoms with van der Waals surface area (Å²) in [5.41, 5.74) is -1.82. The first-order valence-corrected chi connectivity index (χ1v) is 9.32. The molecule has 1 atom stereocenters. The van der Waals surface area contributed by atoms with Crippen molar-refractivity contribution in [3.8, 4) is 0 Å². The van der Waals surface area contributed by atoms with Gasteiger partial charge in [-0.3, -0.25) is 4.79 Å². The van der Waals surface area contributed by atoms with E-state index in [1.165, 1.54) is 17.9 Å². The summed E-state index contributed by atoms with van der Waals surface area (Å²) in [6.07, 6.45) is -0.170. The number of carbonyl (C=O) groups is 2. The summed E-state index contributed by atoms with van der Waals surface area (Å²) in [6, 6.07) is 2.07. The first-order chi connectivity index (χ1) is 10.7. The number of nitrogens with one attached hydrogen (secondary N) is 1. The molecule has 0 aliphatic carbocycles. The van der Waals surface area contributed by atoms with Gasteiger partial charge in [0.15, 0.2) is 5.60 Å². The normalized spacial score (nSPS) is 19.3. The van der Waals surface area contributed by atoms with Crippen LogP contribution in [0.2, 0.25) is 0 Å². The highest BCUT2D eigenvalue weighted by molar-refractivity contribution is 7.91. The van der Waals surface area contributed by atoms with Crippen LogP contribution in [0, 0.1) is 0 Å². The van der Waals surface area contributed by atoms with E-state index in [1.54, 1.807) is 11.4 Å². The molecule has 0 saturated carbocycles. The van der Waals surface area contributed by atoms with E-state index in [-0.39, 0.29) is 30.1 Å². The molecule has 2 heterocycles. The van der Waals surface area contributed by atoms with Gasteiger partial charge in [-0.15, -0.1) is 11.3 Å². The molecule has 8 nitrogen and oxygen atoms in total. The van der Waals surface area contributed by atoms with Crippen molar-refractivity contribution in [3.63, 3.8) is 0 Å². The molecular formula is C13H18N2O6S2. The van der Waals surface area contributed by atoms with Gasteiger partial charge in [-0.1, -0.05) is 6.07 Å². The van der Waals surface area contributed by atoms with Gasteiger partial charge in [0.1, 0.15) is 4.21 Å². The number of carboxylic acid groups (broad SMARTS) is 1. The van der Waals surface area contributed by atoms with Crippen molar-refractivity contribution in [2.24, 2.45) is 0 Å². The Hall–Kier alpha value is -1.49. The molecule has 128 valence electrons. The van der Waals surface area contributed by atoms with Crippen molar-refractivity contribution >= 4 is 33.2 Å². The van der Waals surface area contributed by atoms with Crippen LogP contribution in [0.1, 0.15) is 19.8 Å². The van der Waals surface area contributed by atoms with Crippen molar-refractivity contribution in [3.05, 3.63) is 17.5 Å². The minimum Gasteiger partial charge on any atom is -0.479 e. The lowest BCUT2D eigenvalue weighted by Gasteiger charge is -2.36. The van der Waals surface area contributed by atoms with Gasteiger partial charge >= 0.3 is 5.97 Å². The minimum atomic E-state index is -3.76. The van der Waals surface area contributed by atoms with Crippen LogP contribution in [-0.4, -0.2) is 60.1 Å². The average Bonchev–Trinajstić information content (AvgIpc) is 3.02. The topological polar surface area (TPSA) is 124 Å². The molecule has 1 aliphatic rings. The number of hydrogen-bond acceptors (Lipinski definition) is 6. The maximum Gasteiger partial charge on any atom is 0.335 e. The number of aliphatic hydroxyl groups is 1. The molecule has 1 aromatic rings. The molecule has 1 fully saturated rings. The van der Waals surface area contributed by atoms with E-state index in [9.17, 15) is 23.1 Å². The molecule has 0 spiro atoms. The number of hydrogen-bond donors (Lipinski definition) is 3. The predicted octanol–water partition coefficient (Wildman–Crippen LogP) is -0.147. The highest BCUT2D eigenvalue weighted by Crippen LogP contribution is 2.23. The first kappa shape index (κ1) is 17.9. The first-order valence-electron chi connectivity index (χ1n) is 6.96. The van der Waals surface area contributed by atoms with Crippen molar-refractivity contribution in [1.29, 1.82) is 0 Å². The van der Waals surface area contributed by atoms with E-state index in [0.29, 0.717) is 0 Å². The second kappa shape index (κ2) is 6.56. The summed E-state index contributed by atoms with van der Waals surface area (Å²) in [5.74, 6) is -1.76. The Kier molecular flexibility index (Phi) is 5.09. The fourth-order valence-corrected chi connectivity index (χ4v) is 4.55. The molecule has 10 heteroatoms. The molecular weight excluding hydrogens is 344 g/mol. The van der Waals surface area contributed by atoms with Crippen LogP contribution in [0.4, 0.5) is 0 Å². The van der Waals surface area contributed by atoms with Gasteiger partial charge < -0.3 is 15.1 Å². The van der Waals surface area contributed by atoms with Crippen molar-refractivity contribution < 1.29 is 28.2 Å². The zero-order valence-electron chi connectivity index (χ0n) is 12.4. The fraction of sp³-hybridized carbons (Fsp3) is 0.538. The number of carbonyl (C=O) groups excluding carboxylic acids is 1. The highest BCUT2D eigenvalue weighted by Gasteiger charge is 2.41. The maximum atomic E-state index is 12.3. The summed E-state index contributed by atoms with van der Waals surface area (Å²) in [7, 11) is -3.76. The molecule has 2 rings (SSSR count). The summed E-state index contributed by atoms with van der Waals surface area (Å²) >= 11 is 1.05. The Bertz CT molecular complexity index is 677. The van der Waals surface area contributed by atoms with E-state index in [4.69, 9.17) is 5.11 Å². The van der Waals surface area contributed by atoms with Gasteiger partial charge in [0.05, 0.1) is 6.04 Å². The molecule has 1 unspecified atom stereocenters.